The van der Waals surface area contributed by atoms with Crippen LogP contribution in [0.1, 0.15) is 56.6 Å². The van der Waals surface area contributed by atoms with Gasteiger partial charge >= 0.3 is 0 Å². The van der Waals surface area contributed by atoms with Gasteiger partial charge in [0.2, 0.25) is 23.7 Å². The molecule has 39 heavy (non-hydrogen) atoms. The molecule has 2 aliphatic rings. The van der Waals surface area contributed by atoms with Crippen molar-refractivity contribution in [2.24, 2.45) is 0 Å². The Labute approximate surface area is 228 Å². The van der Waals surface area contributed by atoms with E-state index in [9.17, 15) is 9.59 Å². The number of benzene rings is 1. The molecule has 11 nitrogen and oxygen atoms in total. The maximum absolute atomic E-state index is 13.1. The van der Waals surface area contributed by atoms with Crippen molar-refractivity contribution >= 4 is 35.0 Å². The van der Waals surface area contributed by atoms with E-state index in [0.29, 0.717) is 37.0 Å². The highest BCUT2D eigenvalue weighted by molar-refractivity contribution is 6.03. The summed E-state index contributed by atoms with van der Waals surface area (Å²) in [7, 11) is 1.64. The second-order valence-corrected chi connectivity index (χ2v) is 10.5. The molecule has 3 heterocycles. The Kier molecular flexibility index (Phi) is 7.51. The van der Waals surface area contributed by atoms with Gasteiger partial charge in [0.25, 0.3) is 0 Å². The van der Waals surface area contributed by atoms with Gasteiger partial charge in [-0.1, -0.05) is 32.6 Å². The fourth-order valence-corrected chi connectivity index (χ4v) is 4.87. The van der Waals surface area contributed by atoms with Gasteiger partial charge in [0, 0.05) is 44.1 Å². The number of carbonyl (C=O) groups excluding carboxylic acids is 2. The third kappa shape index (κ3) is 5.58. The van der Waals surface area contributed by atoms with Crippen LogP contribution in [-0.4, -0.2) is 68.1 Å². The fraction of sp³-hybridized carbons (Fsp3) is 0.464. The van der Waals surface area contributed by atoms with E-state index >= 15 is 0 Å². The Morgan fingerprint density at radius 1 is 1.26 bits per heavy atom. The number of rotatable bonds is 10. The highest BCUT2D eigenvalue weighted by atomic mass is 16.5. The lowest BCUT2D eigenvalue weighted by molar-refractivity contribution is -0.134. The van der Waals surface area contributed by atoms with Gasteiger partial charge in [0.1, 0.15) is 5.54 Å². The lowest BCUT2D eigenvalue weighted by Crippen LogP contribution is -2.46. The van der Waals surface area contributed by atoms with Crippen molar-refractivity contribution in [3.05, 3.63) is 54.2 Å². The fourth-order valence-electron chi connectivity index (χ4n) is 4.87. The minimum atomic E-state index is -0.811. The van der Waals surface area contributed by atoms with Gasteiger partial charge in [-0.05, 0) is 55.4 Å². The minimum Gasteiger partial charge on any atom is -0.381 e. The monoisotopic (exact) mass is 532 g/mol. The Bertz CT molecular complexity index is 1370. The number of likely N-dealkylation sites (N-methyl/N-ethyl adjacent to an activating group) is 1. The van der Waals surface area contributed by atoms with Crippen LogP contribution in [0.25, 0.3) is 5.65 Å². The van der Waals surface area contributed by atoms with Crippen molar-refractivity contribution in [1.29, 1.82) is 0 Å². The quantitative estimate of drug-likeness (QED) is 0.339. The molecule has 2 amide bonds. The van der Waals surface area contributed by atoms with Crippen molar-refractivity contribution in [1.82, 2.24) is 24.5 Å². The van der Waals surface area contributed by atoms with Crippen LogP contribution in [0, 0.1) is 0 Å². The molecule has 0 spiro atoms. The Morgan fingerprint density at radius 3 is 2.72 bits per heavy atom. The molecule has 5 rings (SSSR count). The average molecular weight is 533 g/mol. The van der Waals surface area contributed by atoms with Gasteiger partial charge in [-0.15, -0.1) is 0 Å². The molecule has 1 aliphatic carbocycles. The summed E-state index contributed by atoms with van der Waals surface area (Å²) >= 11 is 0. The Balaban J connectivity index is 1.32. The molecule has 1 aromatic carbocycles. The summed E-state index contributed by atoms with van der Waals surface area (Å²) in [6.45, 7) is 9.69. The van der Waals surface area contributed by atoms with Crippen molar-refractivity contribution in [2.45, 2.75) is 63.6 Å². The molecular weight excluding hydrogens is 496 g/mol. The van der Waals surface area contributed by atoms with Crippen LogP contribution in [0.2, 0.25) is 0 Å². The van der Waals surface area contributed by atoms with Crippen molar-refractivity contribution in [3.63, 3.8) is 0 Å². The standard InChI is InChI=1S/C28H36N8O3/c1-5-23(37)35(4)28(11-12-28)25(38)31-21-8-6-7-19(15-21)16-29-27-34-26(32-20-9-13-39-14-10-20)33-24-22(18(2)3)17-30-36(24)27/h5-8,15,17-18,20H,1,9-14,16H2,2-4H3,(H,31,38)(H2,29,32,33,34). The minimum absolute atomic E-state index is 0.190. The number of amides is 2. The third-order valence-corrected chi connectivity index (χ3v) is 7.50. The van der Waals surface area contributed by atoms with Crippen LogP contribution in [0.3, 0.4) is 0 Å². The van der Waals surface area contributed by atoms with E-state index in [1.54, 1.807) is 11.6 Å². The Morgan fingerprint density at radius 2 is 2.03 bits per heavy atom. The van der Waals surface area contributed by atoms with E-state index in [1.165, 1.54) is 11.0 Å². The highest BCUT2D eigenvalue weighted by Crippen LogP contribution is 2.42. The predicted octanol–water partition coefficient (Wildman–Crippen LogP) is 3.57. The maximum atomic E-state index is 13.1. The molecule has 3 N–H and O–H groups in total. The van der Waals surface area contributed by atoms with Gasteiger partial charge < -0.3 is 25.6 Å². The van der Waals surface area contributed by atoms with Gasteiger partial charge in [-0.2, -0.15) is 19.6 Å². The molecular formula is C28H36N8O3. The number of nitrogens with one attached hydrogen (secondary N) is 3. The van der Waals surface area contributed by atoms with E-state index in [2.05, 4.69) is 41.5 Å². The van der Waals surface area contributed by atoms with Crippen molar-refractivity contribution in [2.75, 3.05) is 36.2 Å². The first-order valence-corrected chi connectivity index (χ1v) is 13.4. The zero-order valence-corrected chi connectivity index (χ0v) is 22.7. The van der Waals surface area contributed by atoms with Gasteiger partial charge in [-0.3, -0.25) is 9.59 Å². The molecule has 0 unspecified atom stereocenters. The van der Waals surface area contributed by atoms with Crippen molar-refractivity contribution < 1.29 is 14.3 Å². The lowest BCUT2D eigenvalue weighted by atomic mass is 10.1. The zero-order valence-electron chi connectivity index (χ0n) is 22.7. The summed E-state index contributed by atoms with van der Waals surface area (Å²) in [6, 6.07) is 7.89. The lowest BCUT2D eigenvalue weighted by Gasteiger charge is -2.26. The van der Waals surface area contributed by atoms with E-state index in [1.807, 2.05) is 30.5 Å². The second kappa shape index (κ2) is 11.0. The highest BCUT2D eigenvalue weighted by Gasteiger charge is 2.54. The largest absolute Gasteiger partial charge is 0.381 e. The molecule has 1 aliphatic heterocycles. The second-order valence-electron chi connectivity index (χ2n) is 10.5. The molecule has 3 aromatic rings. The van der Waals surface area contributed by atoms with Crippen LogP contribution in [0.4, 0.5) is 17.6 Å². The number of carbonyl (C=O) groups is 2. The van der Waals surface area contributed by atoms with Gasteiger partial charge in [-0.25, -0.2) is 0 Å². The number of anilines is 3. The first-order valence-electron chi connectivity index (χ1n) is 13.4. The number of hydrogen-bond acceptors (Lipinski definition) is 8. The summed E-state index contributed by atoms with van der Waals surface area (Å²) in [5.74, 6) is 0.953. The summed E-state index contributed by atoms with van der Waals surface area (Å²) in [5.41, 5.74) is 2.63. The first kappa shape index (κ1) is 26.6. The van der Waals surface area contributed by atoms with Gasteiger partial charge in [0.15, 0.2) is 5.65 Å². The van der Waals surface area contributed by atoms with Gasteiger partial charge in [0.05, 0.1) is 6.20 Å². The molecule has 206 valence electrons. The number of nitrogens with zero attached hydrogens (tertiary/aromatic N) is 5. The van der Waals surface area contributed by atoms with E-state index in [0.717, 1.165) is 42.8 Å². The van der Waals surface area contributed by atoms with E-state index < -0.39 is 5.54 Å². The van der Waals surface area contributed by atoms with Crippen molar-refractivity contribution in [3.8, 4) is 0 Å². The molecule has 1 saturated carbocycles. The van der Waals surface area contributed by atoms with E-state index in [-0.39, 0.29) is 23.8 Å². The SMILES string of the molecule is C=CC(=O)N(C)C1(C(=O)Nc2cccc(CNc3nc(NC4CCOCC4)nc4c(C(C)C)cnn34)c2)CC1. The number of fused-ring (bicyclic) bond motifs is 1. The smallest absolute Gasteiger partial charge is 0.250 e. The number of ether oxygens (including phenoxy) is 1. The normalized spacial score (nSPS) is 16.6. The molecule has 0 bridgehead atoms. The number of aromatic nitrogens is 4. The predicted molar refractivity (Wildman–Crippen MR) is 150 cm³/mol. The van der Waals surface area contributed by atoms with Crippen LogP contribution in [0.5, 0.6) is 0 Å². The molecule has 2 fully saturated rings. The molecule has 0 radical (unpaired) electrons. The maximum Gasteiger partial charge on any atom is 0.250 e. The van der Waals surface area contributed by atoms with Crippen LogP contribution < -0.4 is 16.0 Å². The molecule has 0 atom stereocenters. The molecule has 1 saturated heterocycles. The summed E-state index contributed by atoms with van der Waals surface area (Å²) in [6.07, 6.45) is 6.16. The van der Waals surface area contributed by atoms with Crippen LogP contribution in [-0.2, 0) is 20.9 Å². The molecule has 11 heteroatoms. The first-order chi connectivity index (χ1) is 18.8. The van der Waals surface area contributed by atoms with Crippen LogP contribution in [0.15, 0.2) is 43.1 Å². The van der Waals surface area contributed by atoms with Crippen LogP contribution >= 0.6 is 0 Å². The summed E-state index contributed by atoms with van der Waals surface area (Å²) < 4.78 is 7.22. The zero-order chi connectivity index (χ0) is 27.6. The molecule has 2 aromatic heterocycles. The third-order valence-electron chi connectivity index (χ3n) is 7.50. The summed E-state index contributed by atoms with van der Waals surface area (Å²) in [4.78, 5) is 36.2. The topological polar surface area (TPSA) is 126 Å². The summed E-state index contributed by atoms with van der Waals surface area (Å²) in [5, 5.41) is 14.4. The Hall–Kier alpha value is -3.99. The average Bonchev–Trinajstić information content (AvgIpc) is 3.64. The number of hydrogen-bond donors (Lipinski definition) is 3. The van der Waals surface area contributed by atoms with E-state index in [4.69, 9.17) is 14.7 Å².